The van der Waals surface area contributed by atoms with Gasteiger partial charge < -0.3 is 0 Å². The van der Waals surface area contributed by atoms with E-state index >= 15 is 0 Å². The van der Waals surface area contributed by atoms with Crippen molar-refractivity contribution in [2.75, 3.05) is 0 Å². The molecule has 0 aliphatic carbocycles. The molecule has 0 saturated carbocycles. The van der Waals surface area contributed by atoms with Crippen LogP contribution in [0.3, 0.4) is 0 Å². The second-order valence-corrected chi connectivity index (χ2v) is 14.9. The van der Waals surface area contributed by atoms with Crippen LogP contribution in [-0.4, -0.2) is 16.5 Å². The highest BCUT2D eigenvalue weighted by Crippen LogP contribution is 2.25. The molecule has 0 spiro atoms. The summed E-state index contributed by atoms with van der Waals surface area (Å²) >= 11 is 0. The van der Waals surface area contributed by atoms with Crippen molar-refractivity contribution >= 4 is 23.3 Å². The Morgan fingerprint density at radius 2 is 1.36 bits per heavy atom. The number of hydrogen-bond donors (Lipinski definition) is 1. The van der Waals surface area contributed by atoms with Crippen LogP contribution in [0.2, 0.25) is 19.6 Å². The largest absolute Gasteiger partial charge is 0.241 e. The molecule has 28 heavy (non-hydrogen) atoms. The minimum Gasteiger partial charge on any atom is -0.207 e. The summed E-state index contributed by atoms with van der Waals surface area (Å²) in [5, 5.41) is 1.26. The smallest absolute Gasteiger partial charge is 0.207 e. The molecule has 0 fully saturated rings. The summed E-state index contributed by atoms with van der Waals surface area (Å²) in [6.45, 7) is 8.79. The molecule has 0 aliphatic rings. The van der Waals surface area contributed by atoms with Crippen LogP contribution in [0.15, 0.2) is 83.8 Å². The lowest BCUT2D eigenvalue weighted by atomic mass is 10.00. The van der Waals surface area contributed by atoms with Gasteiger partial charge in [-0.3, -0.25) is 0 Å². The molecule has 1 atom stereocenters. The van der Waals surface area contributed by atoms with Crippen LogP contribution >= 0.6 is 0 Å². The van der Waals surface area contributed by atoms with Gasteiger partial charge in [0.1, 0.15) is 0 Å². The van der Waals surface area contributed by atoms with Gasteiger partial charge in [-0.25, -0.2) is 8.42 Å². The Balaban J connectivity index is 2.11. The summed E-state index contributed by atoms with van der Waals surface area (Å²) in [6, 6.07) is 24.5. The number of rotatable bonds is 6. The third-order valence-corrected chi connectivity index (χ3v) is 8.33. The predicted molar refractivity (Wildman–Crippen MR) is 119 cm³/mol. The van der Waals surface area contributed by atoms with Crippen molar-refractivity contribution in [2.45, 2.75) is 37.5 Å². The minimum absolute atomic E-state index is 0.282. The molecule has 3 nitrogen and oxygen atoms in total. The Morgan fingerprint density at radius 3 is 1.96 bits per heavy atom. The topological polar surface area (TPSA) is 46.2 Å². The van der Waals surface area contributed by atoms with E-state index in [4.69, 9.17) is 0 Å². The first-order valence-electron chi connectivity index (χ1n) is 9.42. The van der Waals surface area contributed by atoms with Crippen LogP contribution < -0.4 is 9.91 Å². The highest BCUT2D eigenvalue weighted by atomic mass is 32.2. The van der Waals surface area contributed by atoms with E-state index < -0.39 is 24.1 Å². The summed E-state index contributed by atoms with van der Waals surface area (Å²) in [4.78, 5) is 0.282. The van der Waals surface area contributed by atoms with Crippen LogP contribution in [0.1, 0.15) is 22.7 Å². The zero-order chi connectivity index (χ0) is 20.4. The monoisotopic (exact) mass is 409 g/mol. The molecule has 0 unspecified atom stereocenters. The highest BCUT2D eigenvalue weighted by Gasteiger charge is 2.28. The summed E-state index contributed by atoms with van der Waals surface area (Å²) < 4.78 is 29.3. The van der Waals surface area contributed by atoms with Crippen molar-refractivity contribution in [1.82, 2.24) is 4.72 Å². The Bertz CT molecular complexity index is 1040. The first kappa shape index (κ1) is 20.5. The SMILES string of the molecule is Cc1ccc(S(=O)(=O)N[C@@H](c2ccccc2)c2ccccc2[Si](C)(C)C)cc1. The van der Waals surface area contributed by atoms with Gasteiger partial charge in [-0.2, -0.15) is 4.72 Å². The lowest BCUT2D eigenvalue weighted by Crippen LogP contribution is -2.43. The molecule has 5 heteroatoms. The number of sulfonamides is 1. The molecular formula is C23H27NO2SSi. The summed E-state index contributed by atoms with van der Waals surface area (Å²) in [6.07, 6.45) is 0. The molecule has 3 aromatic rings. The lowest BCUT2D eigenvalue weighted by molar-refractivity contribution is 0.572. The van der Waals surface area contributed by atoms with Gasteiger partial charge >= 0.3 is 0 Å². The van der Waals surface area contributed by atoms with E-state index in [1.165, 1.54) is 5.19 Å². The number of nitrogens with one attached hydrogen (secondary N) is 1. The van der Waals surface area contributed by atoms with Crippen LogP contribution in [0.4, 0.5) is 0 Å². The first-order chi connectivity index (χ1) is 13.2. The fourth-order valence-electron chi connectivity index (χ4n) is 3.33. The van der Waals surface area contributed by atoms with Gasteiger partial charge in [0.15, 0.2) is 0 Å². The molecule has 0 saturated heterocycles. The van der Waals surface area contributed by atoms with E-state index in [-0.39, 0.29) is 4.90 Å². The fraction of sp³-hybridized carbons (Fsp3) is 0.217. The molecule has 0 heterocycles. The Morgan fingerprint density at radius 1 is 0.786 bits per heavy atom. The number of hydrogen-bond acceptors (Lipinski definition) is 2. The van der Waals surface area contributed by atoms with Crippen molar-refractivity contribution in [3.8, 4) is 0 Å². The highest BCUT2D eigenvalue weighted by molar-refractivity contribution is 7.89. The van der Waals surface area contributed by atoms with Crippen LogP contribution in [0, 0.1) is 6.92 Å². The van der Waals surface area contributed by atoms with Gasteiger partial charge in [-0.05, 0) is 30.2 Å². The average Bonchev–Trinajstić information content (AvgIpc) is 2.66. The van der Waals surface area contributed by atoms with E-state index in [1.807, 2.05) is 67.6 Å². The van der Waals surface area contributed by atoms with Gasteiger partial charge in [0.2, 0.25) is 10.0 Å². The maximum atomic E-state index is 13.2. The predicted octanol–water partition coefficient (Wildman–Crippen LogP) is 4.61. The number of aryl methyl sites for hydroxylation is 1. The Kier molecular flexibility index (Phi) is 5.89. The molecule has 0 aromatic heterocycles. The summed E-state index contributed by atoms with van der Waals surface area (Å²) in [5.74, 6) is 0. The molecular weight excluding hydrogens is 382 g/mol. The van der Waals surface area contributed by atoms with Crippen LogP contribution in [0.5, 0.6) is 0 Å². The van der Waals surface area contributed by atoms with Crippen molar-refractivity contribution in [1.29, 1.82) is 0 Å². The van der Waals surface area contributed by atoms with Crippen molar-refractivity contribution < 1.29 is 8.42 Å². The fourth-order valence-corrected chi connectivity index (χ4v) is 6.22. The maximum absolute atomic E-state index is 13.2. The lowest BCUT2D eigenvalue weighted by Gasteiger charge is -2.27. The Hall–Kier alpha value is -2.21. The quantitative estimate of drug-likeness (QED) is 0.605. The Labute approximate surface area is 169 Å². The molecule has 0 aliphatic heterocycles. The van der Waals surface area contributed by atoms with E-state index in [1.54, 1.807) is 12.1 Å². The van der Waals surface area contributed by atoms with Crippen molar-refractivity contribution in [2.24, 2.45) is 0 Å². The zero-order valence-electron chi connectivity index (χ0n) is 16.8. The summed E-state index contributed by atoms with van der Waals surface area (Å²) in [5.41, 5.74) is 3.00. The third kappa shape index (κ3) is 4.61. The standard InChI is InChI=1S/C23H27NO2SSi/c1-18-14-16-20(17-15-18)27(25,26)24-23(19-10-6-5-7-11-19)21-12-8-9-13-22(21)28(2,3)4/h5-17,23-24H,1-4H3/t23-/m0/s1. The van der Waals surface area contributed by atoms with Crippen molar-refractivity contribution in [3.63, 3.8) is 0 Å². The average molecular weight is 410 g/mol. The second-order valence-electron chi connectivity index (χ2n) is 8.12. The second kappa shape index (κ2) is 8.03. The molecule has 3 aromatic carbocycles. The molecule has 3 rings (SSSR count). The normalized spacial score (nSPS) is 13.3. The molecule has 146 valence electrons. The van der Waals surface area contributed by atoms with Gasteiger partial charge in [-0.15, -0.1) is 0 Å². The molecule has 0 radical (unpaired) electrons. The zero-order valence-corrected chi connectivity index (χ0v) is 18.6. The third-order valence-electron chi connectivity index (χ3n) is 4.82. The van der Waals surface area contributed by atoms with Crippen LogP contribution in [-0.2, 0) is 10.0 Å². The van der Waals surface area contributed by atoms with Gasteiger partial charge in [0, 0.05) is 0 Å². The van der Waals surface area contributed by atoms with E-state index in [0.29, 0.717) is 0 Å². The van der Waals surface area contributed by atoms with Crippen LogP contribution in [0.25, 0.3) is 0 Å². The molecule has 0 amide bonds. The minimum atomic E-state index is -3.67. The summed E-state index contributed by atoms with van der Waals surface area (Å²) in [7, 11) is -5.34. The maximum Gasteiger partial charge on any atom is 0.241 e. The van der Waals surface area contributed by atoms with E-state index in [0.717, 1.165) is 16.7 Å². The molecule has 1 N–H and O–H groups in total. The van der Waals surface area contributed by atoms with Crippen molar-refractivity contribution in [3.05, 3.63) is 95.6 Å². The first-order valence-corrected chi connectivity index (χ1v) is 14.4. The van der Waals surface area contributed by atoms with E-state index in [9.17, 15) is 8.42 Å². The number of benzene rings is 3. The van der Waals surface area contributed by atoms with E-state index in [2.05, 4.69) is 30.4 Å². The van der Waals surface area contributed by atoms with Gasteiger partial charge in [-0.1, -0.05) is 97.1 Å². The van der Waals surface area contributed by atoms with Gasteiger partial charge in [0.25, 0.3) is 0 Å². The van der Waals surface area contributed by atoms with Gasteiger partial charge in [0.05, 0.1) is 19.0 Å². The molecule has 0 bridgehead atoms.